The fourth-order valence-electron chi connectivity index (χ4n) is 2.94. The number of rotatable bonds is 4. The van der Waals surface area contributed by atoms with Gasteiger partial charge in [-0.25, -0.2) is 0 Å². The molecule has 1 heterocycles. The maximum absolute atomic E-state index is 3.84. The van der Waals surface area contributed by atoms with Crippen LogP contribution in [0.15, 0.2) is 0 Å². The van der Waals surface area contributed by atoms with E-state index >= 15 is 0 Å². The Morgan fingerprint density at radius 1 is 1.12 bits per heavy atom. The van der Waals surface area contributed by atoms with Gasteiger partial charge in [-0.1, -0.05) is 26.2 Å². The Morgan fingerprint density at radius 2 is 2.06 bits per heavy atom. The molecule has 1 N–H and O–H groups in total. The van der Waals surface area contributed by atoms with E-state index in [-0.39, 0.29) is 0 Å². The van der Waals surface area contributed by atoms with Crippen LogP contribution in [0.2, 0.25) is 0 Å². The molecule has 3 atom stereocenters. The van der Waals surface area contributed by atoms with Crippen LogP contribution in [0, 0.1) is 5.92 Å². The highest BCUT2D eigenvalue weighted by molar-refractivity contribution is 8.06. The van der Waals surface area contributed by atoms with Crippen molar-refractivity contribution in [3.63, 3.8) is 0 Å². The van der Waals surface area contributed by atoms with E-state index in [1.54, 1.807) is 0 Å². The van der Waals surface area contributed by atoms with Crippen LogP contribution in [0.25, 0.3) is 0 Å². The molecule has 0 aromatic carbocycles. The average Bonchev–Trinajstić information content (AvgIpc) is 2.62. The SMILES string of the molecule is CCC1CCCC(NCC2CSCCS2)CC1. The largest absolute Gasteiger partial charge is 0.313 e. The van der Waals surface area contributed by atoms with Gasteiger partial charge in [0.2, 0.25) is 0 Å². The number of hydrogen-bond acceptors (Lipinski definition) is 3. The molecule has 2 aliphatic rings. The molecule has 3 unspecified atom stereocenters. The van der Waals surface area contributed by atoms with Crippen LogP contribution in [0.1, 0.15) is 45.4 Å². The van der Waals surface area contributed by atoms with Gasteiger partial charge in [0, 0.05) is 35.1 Å². The van der Waals surface area contributed by atoms with E-state index in [2.05, 4.69) is 35.8 Å². The summed E-state index contributed by atoms with van der Waals surface area (Å²) in [4.78, 5) is 0. The second kappa shape index (κ2) is 7.96. The third-order valence-corrected chi connectivity index (χ3v) is 7.03. The minimum atomic E-state index is 0.819. The van der Waals surface area contributed by atoms with Crippen molar-refractivity contribution >= 4 is 23.5 Å². The van der Waals surface area contributed by atoms with E-state index in [0.717, 1.165) is 17.2 Å². The van der Waals surface area contributed by atoms with Gasteiger partial charge in [0.05, 0.1) is 0 Å². The lowest BCUT2D eigenvalue weighted by molar-refractivity contribution is 0.427. The number of thioether (sulfide) groups is 2. The normalized spacial score (nSPS) is 35.5. The summed E-state index contributed by atoms with van der Waals surface area (Å²) in [5.41, 5.74) is 0. The first-order chi connectivity index (χ1) is 8.38. The van der Waals surface area contributed by atoms with Crippen LogP contribution in [0.4, 0.5) is 0 Å². The van der Waals surface area contributed by atoms with Gasteiger partial charge >= 0.3 is 0 Å². The Balaban J connectivity index is 1.64. The molecule has 0 amide bonds. The highest BCUT2D eigenvalue weighted by Gasteiger charge is 2.19. The lowest BCUT2D eigenvalue weighted by atomic mass is 9.98. The van der Waals surface area contributed by atoms with Crippen LogP contribution in [0.3, 0.4) is 0 Å². The molecule has 1 aliphatic carbocycles. The van der Waals surface area contributed by atoms with Crippen molar-refractivity contribution in [2.45, 2.75) is 56.7 Å². The van der Waals surface area contributed by atoms with Crippen LogP contribution in [-0.4, -0.2) is 35.1 Å². The molecule has 0 aromatic rings. The maximum atomic E-state index is 3.84. The van der Waals surface area contributed by atoms with Gasteiger partial charge in [0.1, 0.15) is 0 Å². The Morgan fingerprint density at radius 3 is 2.82 bits per heavy atom. The Hall–Kier alpha value is 0.660. The molecule has 1 nitrogen and oxygen atoms in total. The van der Waals surface area contributed by atoms with Crippen molar-refractivity contribution in [2.24, 2.45) is 5.92 Å². The van der Waals surface area contributed by atoms with Crippen LogP contribution in [0.5, 0.6) is 0 Å². The summed E-state index contributed by atoms with van der Waals surface area (Å²) in [5, 5.41) is 4.72. The van der Waals surface area contributed by atoms with Crippen molar-refractivity contribution in [1.29, 1.82) is 0 Å². The van der Waals surface area contributed by atoms with E-state index in [1.807, 2.05) is 0 Å². The van der Waals surface area contributed by atoms with Crippen molar-refractivity contribution in [3.8, 4) is 0 Å². The lowest BCUT2D eigenvalue weighted by Crippen LogP contribution is -2.36. The monoisotopic (exact) mass is 273 g/mol. The van der Waals surface area contributed by atoms with E-state index in [0.29, 0.717) is 0 Å². The molecule has 17 heavy (non-hydrogen) atoms. The lowest BCUT2D eigenvalue weighted by Gasteiger charge is -2.24. The zero-order valence-corrected chi connectivity index (χ0v) is 12.8. The predicted molar refractivity (Wildman–Crippen MR) is 82.2 cm³/mol. The fourth-order valence-corrected chi connectivity index (χ4v) is 5.57. The molecule has 1 aliphatic heterocycles. The Bertz CT molecular complexity index is 204. The molecule has 0 spiro atoms. The highest BCUT2D eigenvalue weighted by Crippen LogP contribution is 2.27. The summed E-state index contributed by atoms with van der Waals surface area (Å²) in [6, 6.07) is 0.819. The Kier molecular flexibility index (Phi) is 6.59. The van der Waals surface area contributed by atoms with E-state index < -0.39 is 0 Å². The van der Waals surface area contributed by atoms with Crippen LogP contribution >= 0.6 is 23.5 Å². The summed E-state index contributed by atoms with van der Waals surface area (Å²) in [6.45, 7) is 3.60. The van der Waals surface area contributed by atoms with E-state index in [4.69, 9.17) is 0 Å². The summed E-state index contributed by atoms with van der Waals surface area (Å²) < 4.78 is 0. The molecule has 3 heteroatoms. The van der Waals surface area contributed by atoms with Crippen molar-refractivity contribution in [2.75, 3.05) is 23.8 Å². The molecule has 0 bridgehead atoms. The quantitative estimate of drug-likeness (QED) is 0.783. The van der Waals surface area contributed by atoms with Gasteiger partial charge in [-0.15, -0.1) is 0 Å². The first-order valence-corrected chi connectivity index (χ1v) is 9.51. The molecule has 100 valence electrons. The van der Waals surface area contributed by atoms with E-state index in [9.17, 15) is 0 Å². The van der Waals surface area contributed by atoms with Gasteiger partial charge in [-0.05, 0) is 25.2 Å². The second-order valence-corrected chi connectivity index (χ2v) is 8.01. The summed E-state index contributed by atoms with van der Waals surface area (Å²) in [7, 11) is 0. The van der Waals surface area contributed by atoms with Gasteiger partial charge in [-0.2, -0.15) is 23.5 Å². The fraction of sp³-hybridized carbons (Fsp3) is 1.00. The third kappa shape index (κ3) is 5.04. The van der Waals surface area contributed by atoms with Gasteiger partial charge in [0.15, 0.2) is 0 Å². The van der Waals surface area contributed by atoms with Gasteiger partial charge in [0.25, 0.3) is 0 Å². The average molecular weight is 274 g/mol. The zero-order chi connectivity index (χ0) is 11.9. The number of nitrogens with one attached hydrogen (secondary N) is 1. The zero-order valence-electron chi connectivity index (χ0n) is 11.1. The minimum Gasteiger partial charge on any atom is -0.313 e. The number of hydrogen-bond donors (Lipinski definition) is 1. The molecule has 0 aromatic heterocycles. The van der Waals surface area contributed by atoms with Crippen LogP contribution < -0.4 is 5.32 Å². The molecule has 2 rings (SSSR count). The van der Waals surface area contributed by atoms with Crippen molar-refractivity contribution < 1.29 is 0 Å². The summed E-state index contributed by atoms with van der Waals surface area (Å²) >= 11 is 4.32. The molecular formula is C14H27NS2. The van der Waals surface area contributed by atoms with Crippen LogP contribution in [-0.2, 0) is 0 Å². The highest BCUT2D eigenvalue weighted by atomic mass is 32.2. The van der Waals surface area contributed by atoms with Crippen molar-refractivity contribution in [1.82, 2.24) is 5.32 Å². The molecule has 1 saturated heterocycles. The van der Waals surface area contributed by atoms with Crippen molar-refractivity contribution in [3.05, 3.63) is 0 Å². The van der Waals surface area contributed by atoms with Gasteiger partial charge in [-0.3, -0.25) is 0 Å². The summed E-state index contributed by atoms with van der Waals surface area (Å²) in [6.07, 6.45) is 8.61. The summed E-state index contributed by atoms with van der Waals surface area (Å²) in [5.74, 6) is 5.10. The standard InChI is InChI=1S/C14H27NS2/c1-2-12-4-3-5-13(7-6-12)15-10-14-11-16-8-9-17-14/h12-15H,2-11H2,1H3. The predicted octanol–water partition coefficient (Wildman–Crippen LogP) is 3.78. The van der Waals surface area contributed by atoms with E-state index in [1.165, 1.54) is 62.3 Å². The van der Waals surface area contributed by atoms with Gasteiger partial charge < -0.3 is 5.32 Å². The minimum absolute atomic E-state index is 0.819. The molecule has 1 saturated carbocycles. The Labute approximate surface area is 115 Å². The molecular weight excluding hydrogens is 246 g/mol. The molecule has 0 radical (unpaired) electrons. The second-order valence-electron chi connectivity index (χ2n) is 5.46. The first kappa shape index (κ1) is 14.1. The smallest absolute Gasteiger partial charge is 0.0263 e. The first-order valence-electron chi connectivity index (χ1n) is 7.31. The topological polar surface area (TPSA) is 12.0 Å². The maximum Gasteiger partial charge on any atom is 0.0263 e. The molecule has 2 fully saturated rings. The third-order valence-electron chi connectivity index (χ3n) is 4.18.